The fraction of sp³-hybridized carbons (Fsp3) is 0.0741. The van der Waals surface area contributed by atoms with Crippen molar-refractivity contribution < 1.29 is 31.1 Å². The molecule has 5 aromatic rings. The highest BCUT2D eigenvalue weighted by Gasteiger charge is 2.31. The summed E-state index contributed by atoms with van der Waals surface area (Å²) in [5, 5.41) is 7.03. The van der Waals surface area contributed by atoms with E-state index in [2.05, 4.69) is 15.4 Å². The van der Waals surface area contributed by atoms with E-state index in [9.17, 15) is 31.1 Å². The van der Waals surface area contributed by atoms with Crippen molar-refractivity contribution in [3.05, 3.63) is 108 Å². The topological polar surface area (TPSA) is 59.3 Å². The molecule has 0 aliphatic heterocycles. The highest BCUT2D eigenvalue weighted by atomic mass is 19.4. The molecule has 0 atom stereocenters. The van der Waals surface area contributed by atoms with E-state index in [1.54, 1.807) is 36.4 Å². The number of alkyl halides is 6. The number of nitrogens with zero attached hydrogens (tertiary/aromatic N) is 3. The summed E-state index contributed by atoms with van der Waals surface area (Å²) in [5.74, 6) is -0.723. The average Bonchev–Trinajstić information content (AvgIpc) is 3.33. The van der Waals surface area contributed by atoms with Crippen LogP contribution in [0, 0.1) is 0 Å². The summed E-state index contributed by atoms with van der Waals surface area (Å²) in [7, 11) is 0. The second-order valence-corrected chi connectivity index (χ2v) is 8.32. The number of fused-ring (bicyclic) bond motifs is 1. The summed E-state index contributed by atoms with van der Waals surface area (Å²) in [6.07, 6.45) is -7.58. The SMILES string of the molecule is O=C(Nc1cccc(-c2ccnc3cc(-c4cccc(C(F)(F)F)c4)nn23)c1)c1cccc(C(F)(F)F)c1. The van der Waals surface area contributed by atoms with Crippen molar-refractivity contribution in [3.8, 4) is 22.5 Å². The molecule has 11 heteroatoms. The summed E-state index contributed by atoms with van der Waals surface area (Å²) in [6.45, 7) is 0. The summed E-state index contributed by atoms with van der Waals surface area (Å²) in [5.41, 5.74) is 0.463. The first kappa shape index (κ1) is 25.0. The van der Waals surface area contributed by atoms with Crippen LogP contribution in [0.3, 0.4) is 0 Å². The van der Waals surface area contributed by atoms with Crippen LogP contribution in [0.25, 0.3) is 28.2 Å². The standard InChI is InChI=1S/C27H16F6N4O/c28-26(29,30)19-7-1-4-16(12-19)22-15-24-34-11-10-23(37(24)36-22)17-5-3-9-21(14-17)35-25(38)18-6-2-8-20(13-18)27(31,32)33/h1-15H,(H,35,38). The van der Waals surface area contributed by atoms with Gasteiger partial charge in [-0.2, -0.15) is 31.4 Å². The summed E-state index contributed by atoms with van der Waals surface area (Å²) >= 11 is 0. The molecule has 0 radical (unpaired) electrons. The Hall–Kier alpha value is -4.67. The van der Waals surface area contributed by atoms with Crippen molar-refractivity contribution in [2.75, 3.05) is 5.32 Å². The fourth-order valence-electron chi connectivity index (χ4n) is 3.91. The van der Waals surface area contributed by atoms with E-state index in [4.69, 9.17) is 0 Å². The predicted octanol–water partition coefficient (Wildman–Crippen LogP) is 7.35. The van der Waals surface area contributed by atoms with Crippen LogP contribution in [-0.2, 0) is 12.4 Å². The lowest BCUT2D eigenvalue weighted by Crippen LogP contribution is -2.14. The molecule has 5 rings (SSSR count). The monoisotopic (exact) mass is 526 g/mol. The predicted molar refractivity (Wildman–Crippen MR) is 128 cm³/mol. The largest absolute Gasteiger partial charge is 0.416 e. The van der Waals surface area contributed by atoms with E-state index < -0.39 is 29.4 Å². The van der Waals surface area contributed by atoms with E-state index in [0.717, 1.165) is 30.3 Å². The molecule has 0 aliphatic rings. The van der Waals surface area contributed by atoms with Crippen molar-refractivity contribution in [2.24, 2.45) is 0 Å². The maximum atomic E-state index is 13.2. The molecule has 0 spiro atoms. The summed E-state index contributed by atoms with van der Waals surface area (Å²) in [6, 6.07) is 18.6. The molecule has 0 unspecified atom stereocenters. The first-order chi connectivity index (χ1) is 18.0. The molecule has 0 saturated heterocycles. The minimum atomic E-state index is -4.58. The fourth-order valence-corrected chi connectivity index (χ4v) is 3.91. The van der Waals surface area contributed by atoms with Crippen LogP contribution in [0.1, 0.15) is 21.5 Å². The Morgan fingerprint density at radius 2 is 1.39 bits per heavy atom. The summed E-state index contributed by atoms with van der Waals surface area (Å²) < 4.78 is 80.0. The van der Waals surface area contributed by atoms with Gasteiger partial charge >= 0.3 is 12.4 Å². The Bertz CT molecular complexity index is 1660. The molecule has 0 fully saturated rings. The van der Waals surface area contributed by atoms with E-state index in [-0.39, 0.29) is 16.8 Å². The number of benzene rings is 3. The third kappa shape index (κ3) is 5.08. The second-order valence-electron chi connectivity index (χ2n) is 8.32. The first-order valence-electron chi connectivity index (χ1n) is 11.1. The zero-order chi connectivity index (χ0) is 27.1. The number of halogens is 6. The van der Waals surface area contributed by atoms with Crippen LogP contribution in [-0.4, -0.2) is 20.5 Å². The Labute approximate surface area is 211 Å². The zero-order valence-corrected chi connectivity index (χ0v) is 19.2. The highest BCUT2D eigenvalue weighted by molar-refractivity contribution is 6.04. The number of carbonyl (C=O) groups is 1. The Kier molecular flexibility index (Phi) is 6.14. The minimum Gasteiger partial charge on any atom is -0.322 e. The molecule has 2 heterocycles. The van der Waals surface area contributed by atoms with Crippen LogP contribution < -0.4 is 5.32 Å². The molecule has 3 aromatic carbocycles. The van der Waals surface area contributed by atoms with Crippen molar-refractivity contribution in [1.82, 2.24) is 14.6 Å². The molecule has 0 bridgehead atoms. The van der Waals surface area contributed by atoms with Gasteiger partial charge in [0.2, 0.25) is 0 Å². The second kappa shape index (κ2) is 9.33. The molecule has 38 heavy (non-hydrogen) atoms. The first-order valence-corrected chi connectivity index (χ1v) is 11.1. The molecule has 0 saturated carbocycles. The van der Waals surface area contributed by atoms with Gasteiger partial charge in [0.25, 0.3) is 5.91 Å². The third-order valence-corrected chi connectivity index (χ3v) is 5.71. The lowest BCUT2D eigenvalue weighted by atomic mass is 10.1. The van der Waals surface area contributed by atoms with E-state index >= 15 is 0 Å². The molecule has 192 valence electrons. The molecule has 1 N–H and O–H groups in total. The Morgan fingerprint density at radius 1 is 0.737 bits per heavy atom. The lowest BCUT2D eigenvalue weighted by Gasteiger charge is -2.11. The van der Waals surface area contributed by atoms with Crippen LogP contribution >= 0.6 is 0 Å². The van der Waals surface area contributed by atoms with Crippen LogP contribution in [0.5, 0.6) is 0 Å². The lowest BCUT2D eigenvalue weighted by molar-refractivity contribution is -0.138. The number of anilines is 1. The zero-order valence-electron chi connectivity index (χ0n) is 19.2. The highest BCUT2D eigenvalue weighted by Crippen LogP contribution is 2.33. The van der Waals surface area contributed by atoms with Gasteiger partial charge in [-0.1, -0.05) is 30.3 Å². The number of rotatable bonds is 4. The number of carbonyl (C=O) groups excluding carboxylic acids is 1. The van der Waals surface area contributed by atoms with Crippen molar-refractivity contribution in [2.45, 2.75) is 12.4 Å². The van der Waals surface area contributed by atoms with Gasteiger partial charge in [-0.15, -0.1) is 0 Å². The number of aromatic nitrogens is 3. The number of amides is 1. The van der Waals surface area contributed by atoms with Crippen molar-refractivity contribution >= 4 is 17.2 Å². The third-order valence-electron chi connectivity index (χ3n) is 5.71. The van der Waals surface area contributed by atoms with E-state index in [1.807, 2.05) is 0 Å². The number of hydrogen-bond acceptors (Lipinski definition) is 3. The molecule has 0 aliphatic carbocycles. The summed E-state index contributed by atoms with van der Waals surface area (Å²) in [4.78, 5) is 16.9. The van der Waals surface area contributed by atoms with Gasteiger partial charge in [0, 0.05) is 34.6 Å². The van der Waals surface area contributed by atoms with Gasteiger partial charge in [-0.25, -0.2) is 9.50 Å². The van der Waals surface area contributed by atoms with E-state index in [0.29, 0.717) is 22.6 Å². The Morgan fingerprint density at radius 3 is 2.13 bits per heavy atom. The van der Waals surface area contributed by atoms with Gasteiger partial charge in [0.05, 0.1) is 22.5 Å². The molecular formula is C27H16F6N4O. The Balaban J connectivity index is 1.46. The molecule has 5 nitrogen and oxygen atoms in total. The maximum absolute atomic E-state index is 13.2. The minimum absolute atomic E-state index is 0.158. The van der Waals surface area contributed by atoms with Crippen LogP contribution in [0.4, 0.5) is 32.0 Å². The molecule has 2 aromatic heterocycles. The maximum Gasteiger partial charge on any atom is 0.416 e. The van der Waals surface area contributed by atoms with Crippen LogP contribution in [0.15, 0.2) is 91.1 Å². The van der Waals surface area contributed by atoms with Crippen molar-refractivity contribution in [1.29, 1.82) is 0 Å². The van der Waals surface area contributed by atoms with Crippen LogP contribution in [0.2, 0.25) is 0 Å². The van der Waals surface area contributed by atoms with Gasteiger partial charge in [-0.3, -0.25) is 4.79 Å². The average molecular weight is 526 g/mol. The van der Waals surface area contributed by atoms with Crippen molar-refractivity contribution in [3.63, 3.8) is 0 Å². The van der Waals surface area contributed by atoms with Gasteiger partial charge in [0.15, 0.2) is 5.65 Å². The van der Waals surface area contributed by atoms with Gasteiger partial charge < -0.3 is 5.32 Å². The quantitative estimate of drug-likeness (QED) is 0.249. The molecule has 1 amide bonds. The van der Waals surface area contributed by atoms with Gasteiger partial charge in [0.1, 0.15) is 0 Å². The number of nitrogens with one attached hydrogen (secondary N) is 1. The van der Waals surface area contributed by atoms with E-state index in [1.165, 1.54) is 28.9 Å². The normalized spacial score (nSPS) is 12.1. The molecular weight excluding hydrogens is 510 g/mol. The van der Waals surface area contributed by atoms with Gasteiger partial charge in [-0.05, 0) is 48.5 Å². The number of hydrogen-bond donors (Lipinski definition) is 1. The smallest absolute Gasteiger partial charge is 0.322 e.